The molecule has 1 saturated heterocycles. The van der Waals surface area contributed by atoms with Gasteiger partial charge < -0.3 is 10.2 Å². The molecule has 21 heavy (non-hydrogen) atoms. The zero-order valence-corrected chi connectivity index (χ0v) is 13.5. The van der Waals surface area contributed by atoms with E-state index in [1.165, 1.54) is 69.3 Å². The smallest absolute Gasteiger partial charge is 0.0411 e. The maximum absolute atomic E-state index is 3.82. The molecule has 1 saturated carbocycles. The maximum Gasteiger partial charge on any atom is 0.0411 e. The zero-order valence-electron chi connectivity index (χ0n) is 13.5. The molecule has 0 radical (unpaired) electrons. The lowest BCUT2D eigenvalue weighted by Crippen LogP contribution is -2.33. The summed E-state index contributed by atoms with van der Waals surface area (Å²) in [6, 6.07) is 9.71. The molecule has 1 aliphatic heterocycles. The lowest BCUT2D eigenvalue weighted by Gasteiger charge is -2.29. The zero-order chi connectivity index (χ0) is 14.5. The molecule has 2 nitrogen and oxygen atoms in total. The van der Waals surface area contributed by atoms with Gasteiger partial charge in [-0.15, -0.1) is 0 Å². The Kier molecular flexibility index (Phi) is 5.18. The van der Waals surface area contributed by atoms with Crippen molar-refractivity contribution < 1.29 is 0 Å². The predicted molar refractivity (Wildman–Crippen MR) is 90.8 cm³/mol. The highest BCUT2D eigenvalue weighted by Crippen LogP contribution is 2.28. The van der Waals surface area contributed by atoms with Crippen LogP contribution in [0.3, 0.4) is 0 Å². The van der Waals surface area contributed by atoms with Crippen molar-refractivity contribution in [2.24, 2.45) is 5.92 Å². The second-order valence-electron chi connectivity index (χ2n) is 6.83. The largest absolute Gasteiger partial charge is 0.371 e. The van der Waals surface area contributed by atoms with Gasteiger partial charge in [-0.2, -0.15) is 0 Å². The molecule has 1 aromatic rings. The highest BCUT2D eigenvalue weighted by atomic mass is 15.1. The average Bonchev–Trinajstić information content (AvgIpc) is 3.08. The monoisotopic (exact) mass is 286 g/mol. The Morgan fingerprint density at radius 3 is 2.48 bits per heavy atom. The van der Waals surface area contributed by atoms with E-state index >= 15 is 0 Å². The lowest BCUT2D eigenvalue weighted by atomic mass is 9.84. The predicted octanol–water partition coefficient (Wildman–Crippen LogP) is 4.35. The first-order chi connectivity index (χ1) is 10.4. The Bertz CT molecular complexity index is 429. The number of rotatable bonds is 5. The molecule has 0 spiro atoms. The van der Waals surface area contributed by atoms with E-state index in [0.29, 0.717) is 0 Å². The van der Waals surface area contributed by atoms with Gasteiger partial charge in [-0.1, -0.05) is 31.5 Å². The van der Waals surface area contributed by atoms with Gasteiger partial charge in [0.05, 0.1) is 0 Å². The SMILES string of the molecule is CCC1CCC(NCc2ccccc2N2CCCC2)CC1. The number of para-hydroxylation sites is 1. The van der Waals surface area contributed by atoms with Crippen LogP contribution in [-0.4, -0.2) is 19.1 Å². The van der Waals surface area contributed by atoms with Crippen LogP contribution >= 0.6 is 0 Å². The Hall–Kier alpha value is -1.02. The van der Waals surface area contributed by atoms with Gasteiger partial charge in [-0.25, -0.2) is 0 Å². The molecule has 0 bridgehead atoms. The van der Waals surface area contributed by atoms with Gasteiger partial charge >= 0.3 is 0 Å². The minimum absolute atomic E-state index is 0.736. The van der Waals surface area contributed by atoms with Gasteiger partial charge in [0.2, 0.25) is 0 Å². The van der Waals surface area contributed by atoms with Gasteiger partial charge in [0.1, 0.15) is 0 Å². The van der Waals surface area contributed by atoms with Crippen LogP contribution in [0.1, 0.15) is 57.4 Å². The van der Waals surface area contributed by atoms with E-state index in [9.17, 15) is 0 Å². The molecule has 0 unspecified atom stereocenters. The van der Waals surface area contributed by atoms with E-state index in [2.05, 4.69) is 41.4 Å². The lowest BCUT2D eigenvalue weighted by molar-refractivity contribution is 0.285. The van der Waals surface area contributed by atoms with Crippen molar-refractivity contribution in [1.82, 2.24) is 5.32 Å². The van der Waals surface area contributed by atoms with Crippen LogP contribution in [0.2, 0.25) is 0 Å². The summed E-state index contributed by atoms with van der Waals surface area (Å²) in [6.45, 7) is 5.84. The number of benzene rings is 1. The first-order valence-electron chi connectivity index (χ1n) is 8.93. The summed E-state index contributed by atoms with van der Waals surface area (Å²) >= 11 is 0. The topological polar surface area (TPSA) is 15.3 Å². The Morgan fingerprint density at radius 1 is 1.05 bits per heavy atom. The van der Waals surface area contributed by atoms with Crippen molar-refractivity contribution in [1.29, 1.82) is 0 Å². The number of nitrogens with one attached hydrogen (secondary N) is 1. The molecule has 2 heteroatoms. The molecular weight excluding hydrogens is 256 g/mol. The summed E-state index contributed by atoms with van der Waals surface area (Å²) in [4.78, 5) is 2.56. The van der Waals surface area contributed by atoms with Crippen molar-refractivity contribution in [3.8, 4) is 0 Å². The summed E-state index contributed by atoms with van der Waals surface area (Å²) in [5, 5.41) is 3.82. The molecule has 2 aliphatic rings. The fourth-order valence-corrected chi connectivity index (χ4v) is 3.96. The third-order valence-electron chi connectivity index (χ3n) is 5.44. The number of nitrogens with zero attached hydrogens (tertiary/aromatic N) is 1. The summed E-state index contributed by atoms with van der Waals surface area (Å²) < 4.78 is 0. The van der Waals surface area contributed by atoms with E-state index in [0.717, 1.165) is 18.5 Å². The fraction of sp³-hybridized carbons (Fsp3) is 0.684. The first-order valence-corrected chi connectivity index (χ1v) is 8.93. The third kappa shape index (κ3) is 3.79. The molecule has 2 fully saturated rings. The maximum atomic E-state index is 3.82. The van der Waals surface area contributed by atoms with Gasteiger partial charge in [0.25, 0.3) is 0 Å². The highest BCUT2D eigenvalue weighted by Gasteiger charge is 2.20. The fourth-order valence-electron chi connectivity index (χ4n) is 3.96. The molecule has 1 N–H and O–H groups in total. The molecule has 1 heterocycles. The minimum Gasteiger partial charge on any atom is -0.371 e. The Labute approximate surface area is 129 Å². The summed E-state index contributed by atoms with van der Waals surface area (Å²) in [5.41, 5.74) is 2.95. The van der Waals surface area contributed by atoms with Gasteiger partial charge in [-0.3, -0.25) is 0 Å². The van der Waals surface area contributed by atoms with E-state index in [1.54, 1.807) is 0 Å². The number of hydrogen-bond donors (Lipinski definition) is 1. The van der Waals surface area contributed by atoms with Crippen LogP contribution in [0.5, 0.6) is 0 Å². The van der Waals surface area contributed by atoms with Gasteiger partial charge in [0, 0.05) is 31.4 Å². The van der Waals surface area contributed by atoms with Crippen molar-refractivity contribution in [2.75, 3.05) is 18.0 Å². The van der Waals surface area contributed by atoms with E-state index in [1.807, 2.05) is 0 Å². The van der Waals surface area contributed by atoms with Gasteiger partial charge in [-0.05, 0) is 56.1 Å². The van der Waals surface area contributed by atoms with Crippen molar-refractivity contribution >= 4 is 5.69 Å². The molecule has 0 aromatic heterocycles. The molecule has 0 amide bonds. The normalized spacial score (nSPS) is 26.2. The van der Waals surface area contributed by atoms with E-state index in [-0.39, 0.29) is 0 Å². The minimum atomic E-state index is 0.736. The van der Waals surface area contributed by atoms with Crippen LogP contribution in [0.25, 0.3) is 0 Å². The van der Waals surface area contributed by atoms with Crippen molar-refractivity contribution in [2.45, 2.75) is 64.5 Å². The highest BCUT2D eigenvalue weighted by molar-refractivity contribution is 5.54. The Balaban J connectivity index is 1.55. The molecule has 116 valence electrons. The summed E-state index contributed by atoms with van der Waals surface area (Å²) in [7, 11) is 0. The third-order valence-corrected chi connectivity index (χ3v) is 5.44. The molecule has 3 rings (SSSR count). The van der Waals surface area contributed by atoms with Gasteiger partial charge in [0.15, 0.2) is 0 Å². The van der Waals surface area contributed by atoms with Crippen LogP contribution < -0.4 is 10.2 Å². The second-order valence-corrected chi connectivity index (χ2v) is 6.83. The van der Waals surface area contributed by atoms with Crippen LogP contribution in [0, 0.1) is 5.92 Å². The Morgan fingerprint density at radius 2 is 1.76 bits per heavy atom. The quantitative estimate of drug-likeness (QED) is 0.866. The molecule has 1 aliphatic carbocycles. The first kappa shape index (κ1) is 14.9. The van der Waals surface area contributed by atoms with Crippen molar-refractivity contribution in [3.63, 3.8) is 0 Å². The number of hydrogen-bond acceptors (Lipinski definition) is 2. The average molecular weight is 286 g/mol. The molecular formula is C19H30N2. The standard InChI is InChI=1S/C19H30N2/c1-2-16-9-11-18(12-10-16)20-15-17-7-3-4-8-19(17)21-13-5-6-14-21/h3-4,7-8,16,18,20H,2,5-6,9-15H2,1H3. The summed E-state index contributed by atoms with van der Waals surface area (Å²) in [5.74, 6) is 0.986. The van der Waals surface area contributed by atoms with Crippen LogP contribution in [-0.2, 0) is 6.54 Å². The molecule has 0 atom stereocenters. The van der Waals surface area contributed by atoms with E-state index < -0.39 is 0 Å². The second kappa shape index (κ2) is 7.31. The summed E-state index contributed by atoms with van der Waals surface area (Å²) in [6.07, 6.45) is 9.63. The van der Waals surface area contributed by atoms with Crippen LogP contribution in [0.15, 0.2) is 24.3 Å². The number of anilines is 1. The van der Waals surface area contributed by atoms with E-state index in [4.69, 9.17) is 0 Å². The molecule has 1 aromatic carbocycles. The van der Waals surface area contributed by atoms with Crippen LogP contribution in [0.4, 0.5) is 5.69 Å². The van der Waals surface area contributed by atoms with Crippen molar-refractivity contribution in [3.05, 3.63) is 29.8 Å².